The van der Waals surface area contributed by atoms with E-state index in [0.29, 0.717) is 0 Å². The summed E-state index contributed by atoms with van der Waals surface area (Å²) in [6.07, 6.45) is 6.19. The monoisotopic (exact) mass is 450 g/mol. The van der Waals surface area contributed by atoms with Crippen LogP contribution in [0.1, 0.15) is 67.3 Å². The molecule has 1 saturated carbocycles. The van der Waals surface area contributed by atoms with Crippen molar-refractivity contribution in [3.8, 4) is 11.5 Å². The molecule has 178 valence electrons. The SMILES string of the molecule is CCC(NC(=O)C1CCCC1)C1c2cc(OC)c(OC)cc2CCN1Cc1cccc(C)c1. The summed E-state index contributed by atoms with van der Waals surface area (Å²) in [5, 5.41) is 3.46. The van der Waals surface area contributed by atoms with E-state index < -0.39 is 0 Å². The molecular formula is C28H38N2O3. The van der Waals surface area contributed by atoms with Gasteiger partial charge in [-0.3, -0.25) is 9.69 Å². The maximum absolute atomic E-state index is 13.1. The maximum Gasteiger partial charge on any atom is 0.223 e. The van der Waals surface area contributed by atoms with Crippen molar-refractivity contribution in [2.24, 2.45) is 5.92 Å². The highest BCUT2D eigenvalue weighted by Gasteiger charge is 2.36. The molecule has 0 aromatic heterocycles. The lowest BCUT2D eigenvalue weighted by Crippen LogP contribution is -2.49. The molecule has 2 unspecified atom stereocenters. The van der Waals surface area contributed by atoms with E-state index in [1.807, 2.05) is 0 Å². The molecular weight excluding hydrogens is 412 g/mol. The first-order valence-electron chi connectivity index (χ1n) is 12.4. The fourth-order valence-electron chi connectivity index (χ4n) is 5.61. The standard InChI is InChI=1S/C28H38N2O3/c1-5-24(29-28(31)21-11-6-7-12-21)27-23-17-26(33-4)25(32-3)16-22(23)13-14-30(27)18-20-10-8-9-19(2)15-20/h8-10,15-17,21,24,27H,5-7,11-14,18H2,1-4H3,(H,29,31). The first-order chi connectivity index (χ1) is 16.0. The highest BCUT2D eigenvalue weighted by atomic mass is 16.5. The number of amides is 1. The quantitative estimate of drug-likeness (QED) is 0.601. The van der Waals surface area contributed by atoms with Crippen LogP contribution in [0.5, 0.6) is 11.5 Å². The number of hydrogen-bond donors (Lipinski definition) is 1. The highest BCUT2D eigenvalue weighted by molar-refractivity contribution is 5.79. The van der Waals surface area contributed by atoms with Crippen LogP contribution in [-0.4, -0.2) is 37.6 Å². The zero-order valence-electron chi connectivity index (χ0n) is 20.5. The van der Waals surface area contributed by atoms with E-state index in [2.05, 4.69) is 60.5 Å². The van der Waals surface area contributed by atoms with Gasteiger partial charge in [-0.2, -0.15) is 0 Å². The fraction of sp³-hybridized carbons (Fsp3) is 0.536. The minimum atomic E-state index is 0.0417. The van der Waals surface area contributed by atoms with Gasteiger partial charge in [-0.15, -0.1) is 0 Å². The van der Waals surface area contributed by atoms with Gasteiger partial charge in [0.1, 0.15) is 0 Å². The second kappa shape index (κ2) is 10.6. The molecule has 0 bridgehead atoms. The molecule has 1 fully saturated rings. The summed E-state index contributed by atoms with van der Waals surface area (Å²) in [5.41, 5.74) is 5.10. The van der Waals surface area contributed by atoms with E-state index in [0.717, 1.165) is 63.1 Å². The number of carbonyl (C=O) groups excluding carboxylic acids is 1. The molecule has 2 atom stereocenters. The Labute approximate surface area is 198 Å². The normalized spacial score (nSPS) is 19.7. The van der Waals surface area contributed by atoms with Gasteiger partial charge in [-0.1, -0.05) is 49.6 Å². The third-order valence-electron chi connectivity index (χ3n) is 7.37. The molecule has 1 aliphatic carbocycles. The number of rotatable bonds is 8. The predicted molar refractivity (Wildman–Crippen MR) is 132 cm³/mol. The summed E-state index contributed by atoms with van der Waals surface area (Å²) in [7, 11) is 3.37. The third kappa shape index (κ3) is 5.19. The van der Waals surface area contributed by atoms with Gasteiger partial charge in [0.05, 0.1) is 20.3 Å². The first kappa shape index (κ1) is 23.6. The van der Waals surface area contributed by atoms with Gasteiger partial charge in [-0.25, -0.2) is 0 Å². The Balaban J connectivity index is 1.69. The Morgan fingerprint density at radius 1 is 1.12 bits per heavy atom. The van der Waals surface area contributed by atoms with Crippen LogP contribution in [0.4, 0.5) is 0 Å². The number of ether oxygens (including phenoxy) is 2. The van der Waals surface area contributed by atoms with Crippen LogP contribution in [0.15, 0.2) is 36.4 Å². The highest BCUT2D eigenvalue weighted by Crippen LogP contribution is 2.41. The van der Waals surface area contributed by atoms with E-state index in [-0.39, 0.29) is 23.9 Å². The Hall–Kier alpha value is -2.53. The van der Waals surface area contributed by atoms with Crippen molar-refractivity contribution in [2.45, 2.75) is 71.0 Å². The maximum atomic E-state index is 13.1. The number of fused-ring (bicyclic) bond motifs is 1. The third-order valence-corrected chi connectivity index (χ3v) is 7.37. The lowest BCUT2D eigenvalue weighted by atomic mass is 9.86. The number of nitrogens with one attached hydrogen (secondary N) is 1. The Morgan fingerprint density at radius 3 is 2.52 bits per heavy atom. The second-order valence-electron chi connectivity index (χ2n) is 9.57. The Kier molecular flexibility index (Phi) is 7.59. The molecule has 33 heavy (non-hydrogen) atoms. The van der Waals surface area contributed by atoms with Crippen molar-refractivity contribution in [1.29, 1.82) is 0 Å². The van der Waals surface area contributed by atoms with E-state index in [9.17, 15) is 4.79 Å². The molecule has 1 heterocycles. The molecule has 2 aromatic carbocycles. The minimum Gasteiger partial charge on any atom is -0.493 e. The second-order valence-corrected chi connectivity index (χ2v) is 9.57. The van der Waals surface area contributed by atoms with Crippen LogP contribution in [0, 0.1) is 12.8 Å². The van der Waals surface area contributed by atoms with E-state index >= 15 is 0 Å². The van der Waals surface area contributed by atoms with Gasteiger partial charge in [-0.05, 0) is 61.4 Å². The molecule has 5 heteroatoms. The number of methoxy groups -OCH3 is 2. The first-order valence-corrected chi connectivity index (χ1v) is 12.4. The molecule has 1 aliphatic heterocycles. The molecule has 0 saturated heterocycles. The summed E-state index contributed by atoms with van der Waals surface area (Å²) in [6, 6.07) is 13.1. The van der Waals surface area contributed by atoms with Crippen LogP contribution in [0.25, 0.3) is 0 Å². The molecule has 1 N–H and O–H groups in total. The van der Waals surface area contributed by atoms with Gasteiger partial charge in [0, 0.05) is 25.0 Å². The van der Waals surface area contributed by atoms with Crippen molar-refractivity contribution >= 4 is 5.91 Å². The summed E-state index contributed by atoms with van der Waals surface area (Å²) >= 11 is 0. The minimum absolute atomic E-state index is 0.0417. The number of hydrogen-bond acceptors (Lipinski definition) is 4. The molecule has 5 nitrogen and oxygen atoms in total. The van der Waals surface area contributed by atoms with Crippen LogP contribution < -0.4 is 14.8 Å². The summed E-state index contributed by atoms with van der Waals surface area (Å²) in [4.78, 5) is 15.7. The Bertz CT molecular complexity index is 968. The van der Waals surface area contributed by atoms with Gasteiger partial charge >= 0.3 is 0 Å². The van der Waals surface area contributed by atoms with E-state index in [4.69, 9.17) is 9.47 Å². The summed E-state index contributed by atoms with van der Waals surface area (Å²) in [5.74, 6) is 1.90. The van der Waals surface area contributed by atoms with E-state index in [1.54, 1.807) is 14.2 Å². The van der Waals surface area contributed by atoms with Crippen molar-refractivity contribution in [2.75, 3.05) is 20.8 Å². The summed E-state index contributed by atoms with van der Waals surface area (Å²) < 4.78 is 11.2. The van der Waals surface area contributed by atoms with Gasteiger partial charge < -0.3 is 14.8 Å². The van der Waals surface area contributed by atoms with Crippen molar-refractivity contribution in [3.63, 3.8) is 0 Å². The van der Waals surface area contributed by atoms with Crippen LogP contribution in [-0.2, 0) is 17.8 Å². The zero-order valence-corrected chi connectivity index (χ0v) is 20.5. The number of carbonyl (C=O) groups is 1. The number of benzene rings is 2. The number of nitrogens with zero attached hydrogens (tertiary/aromatic N) is 1. The smallest absolute Gasteiger partial charge is 0.223 e. The van der Waals surface area contributed by atoms with Gasteiger partial charge in [0.15, 0.2) is 11.5 Å². The number of aryl methyl sites for hydroxylation is 1. The van der Waals surface area contributed by atoms with E-state index in [1.165, 1.54) is 22.3 Å². The molecule has 2 aromatic rings. The molecule has 4 rings (SSSR count). The molecule has 0 spiro atoms. The fourth-order valence-corrected chi connectivity index (χ4v) is 5.61. The predicted octanol–water partition coefficient (Wildman–Crippen LogP) is 5.20. The van der Waals surface area contributed by atoms with Crippen LogP contribution in [0.2, 0.25) is 0 Å². The van der Waals surface area contributed by atoms with Crippen LogP contribution in [0.3, 0.4) is 0 Å². The van der Waals surface area contributed by atoms with Crippen molar-refractivity contribution < 1.29 is 14.3 Å². The molecule has 0 radical (unpaired) electrons. The average Bonchev–Trinajstić information content (AvgIpc) is 3.37. The summed E-state index contributed by atoms with van der Waals surface area (Å²) in [6.45, 7) is 6.12. The zero-order chi connectivity index (χ0) is 23.4. The molecule has 2 aliphatic rings. The average molecular weight is 451 g/mol. The largest absolute Gasteiger partial charge is 0.493 e. The van der Waals surface area contributed by atoms with Gasteiger partial charge in [0.2, 0.25) is 5.91 Å². The lowest BCUT2D eigenvalue weighted by molar-refractivity contribution is -0.126. The molecule has 1 amide bonds. The lowest BCUT2D eigenvalue weighted by Gasteiger charge is -2.42. The van der Waals surface area contributed by atoms with Crippen LogP contribution >= 0.6 is 0 Å². The Morgan fingerprint density at radius 2 is 1.85 bits per heavy atom. The van der Waals surface area contributed by atoms with Crippen molar-refractivity contribution in [1.82, 2.24) is 10.2 Å². The topological polar surface area (TPSA) is 50.8 Å². The van der Waals surface area contributed by atoms with Crippen molar-refractivity contribution in [3.05, 3.63) is 58.7 Å². The van der Waals surface area contributed by atoms with Gasteiger partial charge in [0.25, 0.3) is 0 Å².